The Balaban J connectivity index is 1.15. The third kappa shape index (κ3) is 6.83. The van der Waals surface area contributed by atoms with Crippen LogP contribution in [0.25, 0.3) is 60.5 Å². The predicted molar refractivity (Wildman–Crippen MR) is 299 cm³/mol. The minimum absolute atomic E-state index is 1.05. The molecule has 0 radical (unpaired) electrons. The van der Waals surface area contributed by atoms with Crippen molar-refractivity contribution >= 4 is 146 Å². The molecule has 0 saturated carbocycles. The first kappa shape index (κ1) is 40.5. The van der Waals surface area contributed by atoms with Gasteiger partial charge in [-0.1, -0.05) is 133 Å². The van der Waals surface area contributed by atoms with Crippen LogP contribution in [0.15, 0.2) is 224 Å². The highest BCUT2D eigenvalue weighted by atomic mass is 32.1. The van der Waals surface area contributed by atoms with Crippen LogP contribution in [0.3, 0.4) is 0 Å². The molecule has 3 heterocycles. The number of fused-ring (bicyclic) bond motifs is 9. The maximum Gasteiger partial charge on any atom is 0.0640 e. The Labute approximate surface area is 407 Å². The molecule has 0 aliphatic rings. The third-order valence-corrected chi connectivity index (χ3v) is 16.7. The molecule has 3 nitrogen and oxygen atoms in total. The molecule has 3 aromatic heterocycles. The Bertz CT molecular complexity index is 3870. The van der Waals surface area contributed by atoms with E-state index in [0.29, 0.717) is 0 Å². The van der Waals surface area contributed by atoms with Gasteiger partial charge < -0.3 is 14.7 Å². The molecule has 0 aliphatic heterocycles. The van der Waals surface area contributed by atoms with E-state index in [0.717, 1.165) is 51.2 Å². The predicted octanol–water partition coefficient (Wildman–Crippen LogP) is 19.8. The van der Waals surface area contributed by atoms with Crippen molar-refractivity contribution in [3.05, 3.63) is 236 Å². The fourth-order valence-corrected chi connectivity index (χ4v) is 13.7. The van der Waals surface area contributed by atoms with Crippen molar-refractivity contribution < 1.29 is 0 Å². The van der Waals surface area contributed by atoms with Crippen molar-refractivity contribution in [3.63, 3.8) is 0 Å². The second-order valence-corrected chi connectivity index (χ2v) is 20.6. The van der Waals surface area contributed by atoms with Crippen LogP contribution in [-0.4, -0.2) is 0 Å². The van der Waals surface area contributed by atoms with Crippen molar-refractivity contribution in [2.75, 3.05) is 14.7 Å². The maximum absolute atomic E-state index is 2.50. The number of benzene rings is 10. The molecule has 0 unspecified atom stereocenters. The summed E-state index contributed by atoms with van der Waals surface area (Å²) in [5.41, 5.74) is 12.3. The van der Waals surface area contributed by atoms with Gasteiger partial charge in [0.1, 0.15) is 0 Å². The summed E-state index contributed by atoms with van der Waals surface area (Å²) < 4.78 is 7.59. The van der Waals surface area contributed by atoms with E-state index >= 15 is 0 Å². The van der Waals surface area contributed by atoms with Gasteiger partial charge in [0.2, 0.25) is 0 Å². The van der Waals surface area contributed by atoms with Crippen molar-refractivity contribution in [1.29, 1.82) is 0 Å². The van der Waals surface area contributed by atoms with E-state index in [-0.39, 0.29) is 0 Å². The minimum atomic E-state index is 1.05. The lowest BCUT2D eigenvalue weighted by Gasteiger charge is -2.33. The standard InChI is InChI=1S/C62H43N3S3/c1-40-17-12-21-43(35-40)64(55-30-15-27-52-49-24-7-10-33-58(49)67-61(52)55)46-37-45(63(42-19-4-3-5-20-42)54-29-14-26-51-48-23-6-9-32-57(48)66-60(51)54)38-47(39-46)65(44-22-13-18-41(2)36-44)56-31-16-28-53-50-25-8-11-34-59(50)68-62(53)56/h3-39H,1-2H3. The zero-order chi connectivity index (χ0) is 45.3. The molecule has 0 saturated heterocycles. The van der Waals surface area contributed by atoms with Crippen LogP contribution >= 0.6 is 34.0 Å². The number of hydrogen-bond acceptors (Lipinski definition) is 6. The monoisotopic (exact) mass is 925 g/mol. The molecule has 6 heteroatoms. The fraction of sp³-hybridized carbons (Fsp3) is 0.0323. The molecule has 0 fully saturated rings. The zero-order valence-corrected chi connectivity index (χ0v) is 39.9. The first-order valence-corrected chi connectivity index (χ1v) is 25.4. The van der Waals surface area contributed by atoms with E-state index in [1.54, 1.807) is 0 Å². The molecule has 13 aromatic rings. The second-order valence-electron chi connectivity index (χ2n) is 17.5. The number of hydrogen-bond donors (Lipinski definition) is 0. The van der Waals surface area contributed by atoms with Crippen molar-refractivity contribution in [2.45, 2.75) is 13.8 Å². The van der Waals surface area contributed by atoms with E-state index in [1.807, 2.05) is 34.0 Å². The number of rotatable bonds is 9. The summed E-state index contributed by atoms with van der Waals surface area (Å²) in [7, 11) is 0. The quantitative estimate of drug-likeness (QED) is 0.143. The van der Waals surface area contributed by atoms with E-state index in [2.05, 4.69) is 253 Å². The molecule has 0 spiro atoms. The highest BCUT2D eigenvalue weighted by Crippen LogP contribution is 2.52. The van der Waals surface area contributed by atoms with Crippen molar-refractivity contribution in [2.24, 2.45) is 0 Å². The van der Waals surface area contributed by atoms with Gasteiger partial charge in [0.15, 0.2) is 0 Å². The van der Waals surface area contributed by atoms with Gasteiger partial charge in [-0.15, -0.1) is 34.0 Å². The van der Waals surface area contributed by atoms with Gasteiger partial charge in [0.05, 0.1) is 48.2 Å². The molecule has 324 valence electrons. The summed E-state index contributed by atoms with van der Waals surface area (Å²) in [5, 5.41) is 7.62. The van der Waals surface area contributed by atoms with Gasteiger partial charge in [0, 0.05) is 63.5 Å². The lowest BCUT2D eigenvalue weighted by atomic mass is 10.1. The first-order chi connectivity index (χ1) is 33.5. The number of thiophene rings is 3. The summed E-state index contributed by atoms with van der Waals surface area (Å²) in [5.74, 6) is 0. The molecule has 0 N–H and O–H groups in total. The van der Waals surface area contributed by atoms with Crippen LogP contribution in [-0.2, 0) is 0 Å². The zero-order valence-electron chi connectivity index (χ0n) is 37.4. The summed E-state index contributed by atoms with van der Waals surface area (Å²) in [6, 6.07) is 82.9. The molecule has 0 bridgehead atoms. The Morgan fingerprint density at radius 2 is 0.559 bits per heavy atom. The molecule has 0 aliphatic carbocycles. The van der Waals surface area contributed by atoms with Gasteiger partial charge in [-0.25, -0.2) is 0 Å². The van der Waals surface area contributed by atoms with E-state index in [4.69, 9.17) is 0 Å². The maximum atomic E-state index is 2.50. The van der Waals surface area contributed by atoms with Crippen LogP contribution in [0.2, 0.25) is 0 Å². The number of nitrogens with zero attached hydrogens (tertiary/aromatic N) is 3. The van der Waals surface area contributed by atoms with Crippen LogP contribution in [0, 0.1) is 13.8 Å². The van der Waals surface area contributed by atoms with Crippen LogP contribution in [0.1, 0.15) is 11.1 Å². The summed E-state index contributed by atoms with van der Waals surface area (Å²) in [6.07, 6.45) is 0. The van der Waals surface area contributed by atoms with Crippen LogP contribution in [0.4, 0.5) is 51.2 Å². The molecular weight excluding hydrogens is 883 g/mol. The highest BCUT2D eigenvalue weighted by molar-refractivity contribution is 7.27. The van der Waals surface area contributed by atoms with E-state index < -0.39 is 0 Å². The van der Waals surface area contributed by atoms with Crippen LogP contribution in [0.5, 0.6) is 0 Å². The molecule has 0 amide bonds. The molecule has 10 aromatic carbocycles. The number of aryl methyl sites for hydroxylation is 2. The first-order valence-electron chi connectivity index (χ1n) is 23.0. The molecule has 68 heavy (non-hydrogen) atoms. The second kappa shape index (κ2) is 16.5. The Morgan fingerprint density at radius 3 is 0.941 bits per heavy atom. The van der Waals surface area contributed by atoms with E-state index in [1.165, 1.54) is 71.6 Å². The summed E-state index contributed by atoms with van der Waals surface area (Å²) in [6.45, 7) is 4.38. The largest absolute Gasteiger partial charge is 0.309 e. The normalized spacial score (nSPS) is 11.7. The highest BCUT2D eigenvalue weighted by Gasteiger charge is 2.26. The fourth-order valence-electron chi connectivity index (χ4n) is 10.1. The van der Waals surface area contributed by atoms with Gasteiger partial charge in [-0.2, -0.15) is 0 Å². The summed E-state index contributed by atoms with van der Waals surface area (Å²) >= 11 is 5.60. The molecular formula is C62H43N3S3. The topological polar surface area (TPSA) is 9.72 Å². The van der Waals surface area contributed by atoms with Crippen LogP contribution < -0.4 is 14.7 Å². The SMILES string of the molecule is Cc1cccc(N(c2cc(N(c3ccccc3)c3cccc4c3sc3ccccc34)cc(N(c3cccc(C)c3)c3cccc4c3sc3ccccc34)c2)c2cccc3c2sc2ccccc23)c1. The van der Waals surface area contributed by atoms with E-state index in [9.17, 15) is 0 Å². The number of para-hydroxylation sites is 1. The van der Waals surface area contributed by atoms with Gasteiger partial charge in [-0.3, -0.25) is 0 Å². The van der Waals surface area contributed by atoms with Gasteiger partial charge in [-0.05, 0) is 116 Å². The molecule has 13 rings (SSSR count). The van der Waals surface area contributed by atoms with Gasteiger partial charge in [0.25, 0.3) is 0 Å². The lowest BCUT2D eigenvalue weighted by molar-refractivity contribution is 1.23. The average molecular weight is 926 g/mol. The summed E-state index contributed by atoms with van der Waals surface area (Å²) in [4.78, 5) is 7.47. The average Bonchev–Trinajstić information content (AvgIpc) is 4.08. The number of anilines is 9. The minimum Gasteiger partial charge on any atom is -0.309 e. The Kier molecular flexibility index (Phi) is 9.86. The van der Waals surface area contributed by atoms with Crippen molar-refractivity contribution in [3.8, 4) is 0 Å². The lowest BCUT2D eigenvalue weighted by Crippen LogP contribution is -2.16. The Morgan fingerprint density at radius 1 is 0.250 bits per heavy atom. The Hall–Kier alpha value is -7.74. The van der Waals surface area contributed by atoms with Crippen molar-refractivity contribution in [1.82, 2.24) is 0 Å². The molecule has 0 atom stereocenters. The smallest absolute Gasteiger partial charge is 0.0640 e. The van der Waals surface area contributed by atoms with Gasteiger partial charge >= 0.3 is 0 Å². The third-order valence-electron chi connectivity index (χ3n) is 13.1.